The SMILES string of the molecule is C/C(=C\C(=O)c1ccc(Br)cc1)Nc1cccc(C)c1C. The summed E-state index contributed by atoms with van der Waals surface area (Å²) in [4.78, 5) is 12.2. The number of carbonyl (C=O) groups is 1. The van der Waals surface area contributed by atoms with Gasteiger partial charge >= 0.3 is 0 Å². The molecule has 0 amide bonds. The number of carbonyl (C=O) groups excluding carboxylic acids is 1. The Morgan fingerprint density at radius 2 is 1.76 bits per heavy atom. The van der Waals surface area contributed by atoms with Gasteiger partial charge in [0.1, 0.15) is 0 Å². The van der Waals surface area contributed by atoms with E-state index >= 15 is 0 Å². The summed E-state index contributed by atoms with van der Waals surface area (Å²) < 4.78 is 0.966. The van der Waals surface area contributed by atoms with Crippen molar-refractivity contribution in [3.8, 4) is 0 Å². The molecule has 0 bridgehead atoms. The number of aryl methyl sites for hydroxylation is 1. The molecule has 0 fully saturated rings. The van der Waals surface area contributed by atoms with E-state index in [2.05, 4.69) is 41.2 Å². The van der Waals surface area contributed by atoms with E-state index < -0.39 is 0 Å². The number of ketones is 1. The van der Waals surface area contributed by atoms with E-state index in [0.29, 0.717) is 5.56 Å². The lowest BCUT2D eigenvalue weighted by molar-refractivity contribution is 0.104. The van der Waals surface area contributed by atoms with Crippen LogP contribution >= 0.6 is 15.9 Å². The van der Waals surface area contributed by atoms with Crippen LogP contribution in [0, 0.1) is 13.8 Å². The number of anilines is 1. The lowest BCUT2D eigenvalue weighted by Crippen LogP contribution is -2.03. The summed E-state index contributed by atoms with van der Waals surface area (Å²) in [5, 5.41) is 3.29. The van der Waals surface area contributed by atoms with Crippen molar-refractivity contribution in [1.29, 1.82) is 0 Å². The Kier molecular flexibility index (Phi) is 4.97. The van der Waals surface area contributed by atoms with Gasteiger partial charge in [0.15, 0.2) is 5.78 Å². The molecule has 2 aromatic rings. The van der Waals surface area contributed by atoms with Crippen LogP contribution in [0.2, 0.25) is 0 Å². The molecule has 0 unspecified atom stereocenters. The lowest BCUT2D eigenvalue weighted by atomic mass is 10.1. The Morgan fingerprint density at radius 3 is 2.43 bits per heavy atom. The Bertz CT molecular complexity index is 687. The standard InChI is InChI=1S/C18H18BrNO/c1-12-5-4-6-17(14(12)3)20-13(2)11-18(21)15-7-9-16(19)10-8-15/h4-11,20H,1-3H3/b13-11+. The number of benzene rings is 2. The zero-order valence-corrected chi connectivity index (χ0v) is 14.0. The van der Waals surface area contributed by atoms with Crippen LogP contribution in [-0.4, -0.2) is 5.78 Å². The molecule has 2 rings (SSSR count). The van der Waals surface area contributed by atoms with Gasteiger partial charge in [-0.15, -0.1) is 0 Å². The van der Waals surface area contributed by atoms with Crippen LogP contribution in [0.25, 0.3) is 0 Å². The third kappa shape index (κ3) is 4.05. The molecule has 21 heavy (non-hydrogen) atoms. The Morgan fingerprint density at radius 1 is 1.10 bits per heavy atom. The van der Waals surface area contributed by atoms with Gasteiger partial charge in [0.05, 0.1) is 0 Å². The first-order chi connectivity index (χ1) is 9.97. The van der Waals surface area contributed by atoms with Crippen molar-refractivity contribution in [3.05, 3.63) is 75.4 Å². The van der Waals surface area contributed by atoms with Crippen LogP contribution in [0.3, 0.4) is 0 Å². The molecule has 0 atom stereocenters. The van der Waals surface area contributed by atoms with Crippen molar-refractivity contribution in [1.82, 2.24) is 0 Å². The number of rotatable bonds is 4. The van der Waals surface area contributed by atoms with Gasteiger partial charge in [-0.1, -0.05) is 28.1 Å². The molecule has 3 heteroatoms. The molecule has 0 saturated carbocycles. The predicted molar refractivity (Wildman–Crippen MR) is 91.8 cm³/mol. The zero-order valence-electron chi connectivity index (χ0n) is 12.4. The summed E-state index contributed by atoms with van der Waals surface area (Å²) in [5.41, 5.74) is 4.97. The average Bonchev–Trinajstić information content (AvgIpc) is 2.44. The first-order valence-corrected chi connectivity index (χ1v) is 7.58. The van der Waals surface area contributed by atoms with E-state index in [0.717, 1.165) is 15.9 Å². The number of hydrogen-bond acceptors (Lipinski definition) is 2. The molecule has 1 N–H and O–H groups in total. The van der Waals surface area contributed by atoms with Crippen molar-refractivity contribution in [3.63, 3.8) is 0 Å². The highest BCUT2D eigenvalue weighted by Gasteiger charge is 2.05. The van der Waals surface area contributed by atoms with E-state index in [9.17, 15) is 4.79 Å². The van der Waals surface area contributed by atoms with Crippen LogP contribution in [0.4, 0.5) is 5.69 Å². The van der Waals surface area contributed by atoms with Gasteiger partial charge in [-0.2, -0.15) is 0 Å². The summed E-state index contributed by atoms with van der Waals surface area (Å²) in [5.74, 6) is -0.00203. The lowest BCUT2D eigenvalue weighted by Gasteiger charge is -2.11. The predicted octanol–water partition coefficient (Wildman–Crippen LogP) is 5.26. The third-order valence-corrected chi connectivity index (χ3v) is 3.94. The van der Waals surface area contributed by atoms with Crippen molar-refractivity contribution in [2.45, 2.75) is 20.8 Å². The van der Waals surface area contributed by atoms with Gasteiger partial charge in [-0.3, -0.25) is 4.79 Å². The molecule has 0 aliphatic heterocycles. The summed E-state index contributed by atoms with van der Waals surface area (Å²) in [7, 11) is 0. The molecule has 108 valence electrons. The first kappa shape index (κ1) is 15.5. The molecular formula is C18H18BrNO. The monoisotopic (exact) mass is 343 g/mol. The minimum atomic E-state index is -0.00203. The zero-order chi connectivity index (χ0) is 15.4. The smallest absolute Gasteiger partial charge is 0.187 e. The van der Waals surface area contributed by atoms with Crippen LogP contribution in [0.1, 0.15) is 28.4 Å². The van der Waals surface area contributed by atoms with Gasteiger partial charge in [0.25, 0.3) is 0 Å². The summed E-state index contributed by atoms with van der Waals surface area (Å²) in [6.45, 7) is 6.05. The molecule has 0 heterocycles. The number of hydrogen-bond donors (Lipinski definition) is 1. The van der Waals surface area contributed by atoms with Gasteiger partial charge in [0, 0.05) is 27.5 Å². The summed E-state index contributed by atoms with van der Waals surface area (Å²) >= 11 is 3.37. The van der Waals surface area contributed by atoms with Gasteiger partial charge in [-0.05, 0) is 62.2 Å². The number of nitrogens with one attached hydrogen (secondary N) is 1. The van der Waals surface area contributed by atoms with Gasteiger partial charge in [0.2, 0.25) is 0 Å². The average molecular weight is 344 g/mol. The fraction of sp³-hybridized carbons (Fsp3) is 0.167. The van der Waals surface area contributed by atoms with Crippen LogP contribution in [-0.2, 0) is 0 Å². The molecule has 0 aliphatic carbocycles. The third-order valence-electron chi connectivity index (χ3n) is 3.41. The number of allylic oxidation sites excluding steroid dienone is 2. The maximum atomic E-state index is 12.2. The van der Waals surface area contributed by atoms with E-state index in [1.54, 1.807) is 6.08 Å². The van der Waals surface area contributed by atoms with Crippen LogP contribution in [0.5, 0.6) is 0 Å². The number of halogens is 1. The molecule has 0 aromatic heterocycles. The molecule has 0 aliphatic rings. The highest BCUT2D eigenvalue weighted by atomic mass is 79.9. The van der Waals surface area contributed by atoms with Gasteiger partial charge < -0.3 is 5.32 Å². The maximum Gasteiger partial charge on any atom is 0.187 e. The van der Waals surface area contributed by atoms with Crippen molar-refractivity contribution in [2.24, 2.45) is 0 Å². The maximum absolute atomic E-state index is 12.2. The second-order valence-corrected chi connectivity index (χ2v) is 5.99. The van der Waals surface area contributed by atoms with E-state index in [1.165, 1.54) is 11.1 Å². The van der Waals surface area contributed by atoms with Crippen molar-refractivity contribution < 1.29 is 4.79 Å². The Balaban J connectivity index is 2.15. The quantitative estimate of drug-likeness (QED) is 0.605. The fourth-order valence-corrected chi connectivity index (χ4v) is 2.29. The highest BCUT2D eigenvalue weighted by Crippen LogP contribution is 2.20. The van der Waals surface area contributed by atoms with Crippen molar-refractivity contribution >= 4 is 27.4 Å². The molecule has 0 saturated heterocycles. The minimum Gasteiger partial charge on any atom is -0.359 e. The van der Waals surface area contributed by atoms with Crippen molar-refractivity contribution in [2.75, 3.05) is 5.32 Å². The second kappa shape index (κ2) is 6.72. The Labute approximate surface area is 134 Å². The van der Waals surface area contributed by atoms with Crippen LogP contribution < -0.4 is 5.32 Å². The van der Waals surface area contributed by atoms with E-state index in [-0.39, 0.29) is 5.78 Å². The molecule has 2 aromatic carbocycles. The second-order valence-electron chi connectivity index (χ2n) is 5.07. The first-order valence-electron chi connectivity index (χ1n) is 6.79. The molecule has 2 nitrogen and oxygen atoms in total. The minimum absolute atomic E-state index is 0.00203. The molecular weight excluding hydrogens is 326 g/mol. The topological polar surface area (TPSA) is 29.1 Å². The largest absolute Gasteiger partial charge is 0.359 e. The highest BCUT2D eigenvalue weighted by molar-refractivity contribution is 9.10. The normalized spacial score (nSPS) is 11.3. The van der Waals surface area contributed by atoms with Crippen LogP contribution in [0.15, 0.2) is 58.7 Å². The Hall–Kier alpha value is -1.87. The van der Waals surface area contributed by atoms with Gasteiger partial charge in [-0.25, -0.2) is 0 Å². The molecule has 0 radical (unpaired) electrons. The van der Waals surface area contributed by atoms with E-state index in [4.69, 9.17) is 0 Å². The fourth-order valence-electron chi connectivity index (χ4n) is 2.03. The van der Waals surface area contributed by atoms with E-state index in [1.807, 2.05) is 43.3 Å². The summed E-state index contributed by atoms with van der Waals surface area (Å²) in [6.07, 6.45) is 1.63. The molecule has 0 spiro atoms. The summed E-state index contributed by atoms with van der Waals surface area (Å²) in [6, 6.07) is 13.5.